The summed E-state index contributed by atoms with van der Waals surface area (Å²) in [6, 6.07) is 0. The van der Waals surface area contributed by atoms with Crippen LogP contribution in [0.25, 0.3) is 0 Å². The fraction of sp³-hybridized carbons (Fsp3) is 1.00. The van der Waals surface area contributed by atoms with Gasteiger partial charge in [-0.2, -0.15) is 0 Å². The van der Waals surface area contributed by atoms with E-state index < -0.39 is 12.1 Å². The fourth-order valence-electron chi connectivity index (χ4n) is 2.93. The van der Waals surface area contributed by atoms with Crippen LogP contribution in [0.1, 0.15) is 26.7 Å². The van der Waals surface area contributed by atoms with E-state index in [-0.39, 0.29) is 24.7 Å². The van der Waals surface area contributed by atoms with Crippen molar-refractivity contribution in [2.75, 3.05) is 19.6 Å². The van der Waals surface area contributed by atoms with Crippen molar-refractivity contribution in [2.24, 2.45) is 17.8 Å². The summed E-state index contributed by atoms with van der Waals surface area (Å²) in [4.78, 5) is 2.02. The minimum absolute atomic E-state index is 0.00715. The van der Waals surface area contributed by atoms with Crippen molar-refractivity contribution in [2.45, 2.75) is 38.8 Å². The molecule has 2 aliphatic rings. The van der Waals surface area contributed by atoms with Crippen LogP contribution in [-0.4, -0.2) is 36.6 Å². The summed E-state index contributed by atoms with van der Waals surface area (Å²) in [5.74, 6) is -1.95. The van der Waals surface area contributed by atoms with Gasteiger partial charge < -0.3 is 0 Å². The lowest BCUT2D eigenvalue weighted by atomic mass is 9.81. The molecule has 1 aliphatic heterocycles. The molecule has 0 spiro atoms. The Morgan fingerprint density at radius 2 is 1.88 bits per heavy atom. The highest BCUT2D eigenvalue weighted by Gasteiger charge is 2.46. The number of alkyl halides is 3. The molecular weight excluding hydrogens is 215 g/mol. The topological polar surface area (TPSA) is 3.24 Å². The smallest absolute Gasteiger partial charge is 0.248 e. The van der Waals surface area contributed by atoms with Crippen LogP contribution in [-0.2, 0) is 0 Å². The second-order valence-electron chi connectivity index (χ2n) is 5.77. The van der Waals surface area contributed by atoms with Crippen molar-refractivity contribution in [3.05, 3.63) is 0 Å². The molecule has 1 saturated carbocycles. The van der Waals surface area contributed by atoms with Crippen molar-refractivity contribution < 1.29 is 13.2 Å². The normalized spacial score (nSPS) is 35.6. The summed E-state index contributed by atoms with van der Waals surface area (Å²) < 4.78 is 38.9. The van der Waals surface area contributed by atoms with E-state index in [9.17, 15) is 13.2 Å². The van der Waals surface area contributed by atoms with Crippen LogP contribution < -0.4 is 0 Å². The Balaban J connectivity index is 1.77. The Labute approximate surface area is 95.0 Å². The van der Waals surface area contributed by atoms with E-state index in [2.05, 4.69) is 0 Å². The Kier molecular flexibility index (Phi) is 3.21. The van der Waals surface area contributed by atoms with Gasteiger partial charge in [-0.3, -0.25) is 4.90 Å². The van der Waals surface area contributed by atoms with Crippen molar-refractivity contribution in [1.82, 2.24) is 4.90 Å². The zero-order chi connectivity index (χ0) is 11.9. The average Bonchev–Trinajstić information content (AvgIpc) is 2.43. The van der Waals surface area contributed by atoms with E-state index in [1.165, 1.54) is 0 Å². The van der Waals surface area contributed by atoms with Gasteiger partial charge in [0.15, 0.2) is 0 Å². The highest BCUT2D eigenvalue weighted by atomic mass is 19.3. The second-order valence-corrected chi connectivity index (χ2v) is 5.77. The molecule has 2 atom stereocenters. The largest absolute Gasteiger partial charge is 0.300 e. The molecule has 1 aliphatic carbocycles. The summed E-state index contributed by atoms with van der Waals surface area (Å²) in [6.45, 7) is 5.88. The maximum atomic E-state index is 13.6. The summed E-state index contributed by atoms with van der Waals surface area (Å²) in [7, 11) is 0. The number of hydrogen-bond acceptors (Lipinski definition) is 1. The van der Waals surface area contributed by atoms with Gasteiger partial charge in [0, 0.05) is 38.4 Å². The minimum Gasteiger partial charge on any atom is -0.300 e. The number of hydrogen-bond donors (Lipinski definition) is 0. The molecule has 4 heteroatoms. The van der Waals surface area contributed by atoms with E-state index in [1.807, 2.05) is 18.7 Å². The molecule has 0 aromatic heterocycles. The molecule has 1 nitrogen and oxygen atoms in total. The predicted octanol–water partition coefficient (Wildman–Crippen LogP) is 2.96. The summed E-state index contributed by atoms with van der Waals surface area (Å²) in [6.07, 6.45) is -0.792. The first-order chi connectivity index (χ1) is 7.37. The molecule has 0 aromatic carbocycles. The highest BCUT2D eigenvalue weighted by Crippen LogP contribution is 2.43. The third kappa shape index (κ3) is 2.53. The first kappa shape index (κ1) is 12.2. The average molecular weight is 235 g/mol. The van der Waals surface area contributed by atoms with E-state index in [0.717, 1.165) is 6.54 Å². The van der Waals surface area contributed by atoms with E-state index in [1.54, 1.807) is 0 Å². The number of halogens is 3. The molecular formula is C12H20F3N. The third-order valence-electron chi connectivity index (χ3n) is 3.91. The van der Waals surface area contributed by atoms with Gasteiger partial charge in [-0.15, -0.1) is 0 Å². The lowest BCUT2D eigenvalue weighted by Gasteiger charge is -2.37. The van der Waals surface area contributed by atoms with Gasteiger partial charge in [0.25, 0.3) is 0 Å². The Morgan fingerprint density at radius 1 is 1.25 bits per heavy atom. The quantitative estimate of drug-likeness (QED) is 0.727. The van der Waals surface area contributed by atoms with Gasteiger partial charge in [-0.05, 0) is 11.8 Å². The SMILES string of the molecule is CC(C)C1CN(CC2CC(F)(F)C2)C[C@@H]1F. The first-order valence-corrected chi connectivity index (χ1v) is 6.11. The molecule has 2 rings (SSSR count). The van der Waals surface area contributed by atoms with Crippen LogP contribution in [0.2, 0.25) is 0 Å². The molecule has 1 heterocycles. The van der Waals surface area contributed by atoms with Crippen molar-refractivity contribution in [1.29, 1.82) is 0 Å². The zero-order valence-electron chi connectivity index (χ0n) is 9.93. The zero-order valence-corrected chi connectivity index (χ0v) is 9.93. The maximum Gasteiger partial charge on any atom is 0.248 e. The van der Waals surface area contributed by atoms with Gasteiger partial charge in [0.1, 0.15) is 6.17 Å². The molecule has 16 heavy (non-hydrogen) atoms. The molecule has 94 valence electrons. The van der Waals surface area contributed by atoms with Crippen molar-refractivity contribution in [3.8, 4) is 0 Å². The van der Waals surface area contributed by atoms with Gasteiger partial charge in [0.2, 0.25) is 5.92 Å². The summed E-state index contributed by atoms with van der Waals surface area (Å²) >= 11 is 0. The summed E-state index contributed by atoms with van der Waals surface area (Å²) in [5.41, 5.74) is 0. The fourth-order valence-corrected chi connectivity index (χ4v) is 2.93. The van der Waals surface area contributed by atoms with Crippen LogP contribution in [0.3, 0.4) is 0 Å². The molecule has 1 saturated heterocycles. The lowest BCUT2D eigenvalue weighted by Crippen LogP contribution is -2.42. The summed E-state index contributed by atoms with van der Waals surface area (Å²) in [5, 5.41) is 0. The van der Waals surface area contributed by atoms with Gasteiger partial charge in [0.05, 0.1) is 0 Å². The van der Waals surface area contributed by atoms with Crippen LogP contribution >= 0.6 is 0 Å². The monoisotopic (exact) mass is 235 g/mol. The number of nitrogens with zero attached hydrogens (tertiary/aromatic N) is 1. The van der Waals surface area contributed by atoms with Crippen molar-refractivity contribution >= 4 is 0 Å². The number of rotatable bonds is 3. The van der Waals surface area contributed by atoms with Gasteiger partial charge in [-0.1, -0.05) is 13.8 Å². The molecule has 0 aromatic rings. The predicted molar refractivity (Wildman–Crippen MR) is 57.3 cm³/mol. The van der Waals surface area contributed by atoms with E-state index in [0.29, 0.717) is 19.0 Å². The Hall–Kier alpha value is -0.250. The van der Waals surface area contributed by atoms with Crippen LogP contribution in [0, 0.1) is 17.8 Å². The van der Waals surface area contributed by atoms with Gasteiger partial charge in [-0.25, -0.2) is 13.2 Å². The van der Waals surface area contributed by atoms with Gasteiger partial charge >= 0.3 is 0 Å². The first-order valence-electron chi connectivity index (χ1n) is 6.11. The van der Waals surface area contributed by atoms with Crippen molar-refractivity contribution in [3.63, 3.8) is 0 Å². The maximum absolute atomic E-state index is 13.6. The Morgan fingerprint density at radius 3 is 2.31 bits per heavy atom. The second kappa shape index (κ2) is 4.21. The third-order valence-corrected chi connectivity index (χ3v) is 3.91. The van der Waals surface area contributed by atoms with Crippen LogP contribution in [0.4, 0.5) is 13.2 Å². The van der Waals surface area contributed by atoms with Crippen LogP contribution in [0.15, 0.2) is 0 Å². The molecule has 2 fully saturated rings. The molecule has 1 unspecified atom stereocenters. The standard InChI is InChI=1S/C12H20F3N/c1-8(2)10-6-16(7-11(10)13)5-9-3-12(14,15)4-9/h8-11H,3-7H2,1-2H3/t10?,11-/m0/s1. The Bertz CT molecular complexity index is 247. The van der Waals surface area contributed by atoms with E-state index in [4.69, 9.17) is 0 Å². The number of likely N-dealkylation sites (tertiary alicyclic amines) is 1. The lowest BCUT2D eigenvalue weighted by molar-refractivity contribution is -0.115. The molecule has 0 bridgehead atoms. The van der Waals surface area contributed by atoms with Crippen LogP contribution in [0.5, 0.6) is 0 Å². The molecule has 0 amide bonds. The highest BCUT2D eigenvalue weighted by molar-refractivity contribution is 4.92. The van der Waals surface area contributed by atoms with E-state index >= 15 is 0 Å². The molecule has 0 N–H and O–H groups in total. The molecule has 0 radical (unpaired) electrons. The minimum atomic E-state index is -2.45.